The zero-order valence-corrected chi connectivity index (χ0v) is 13.7. The fourth-order valence-corrected chi connectivity index (χ4v) is 1.84. The highest BCUT2D eigenvalue weighted by Crippen LogP contribution is 2.13. The molecule has 0 aliphatic carbocycles. The summed E-state index contributed by atoms with van der Waals surface area (Å²) in [5, 5.41) is 8.42. The summed E-state index contributed by atoms with van der Waals surface area (Å²) in [6.45, 7) is 0.311. The zero-order valence-electron chi connectivity index (χ0n) is 13.7. The van der Waals surface area contributed by atoms with Gasteiger partial charge in [0.1, 0.15) is 24.7 Å². The number of ether oxygens (including phenoxy) is 3. The van der Waals surface area contributed by atoms with Crippen LogP contribution in [0.4, 0.5) is 0 Å². The van der Waals surface area contributed by atoms with Gasteiger partial charge in [0.05, 0.1) is 5.56 Å². The van der Waals surface area contributed by atoms with E-state index in [4.69, 9.17) is 19.3 Å². The predicted octanol–water partition coefficient (Wildman–Crippen LogP) is 2.47. The Hall–Kier alpha value is -3.61. The Kier molecular flexibility index (Phi) is 6.93. The van der Waals surface area contributed by atoms with Gasteiger partial charge in [0.25, 0.3) is 0 Å². The topological polar surface area (TPSA) is 99.1 Å². The van der Waals surface area contributed by atoms with Gasteiger partial charge in [0.2, 0.25) is 0 Å². The molecule has 0 aliphatic rings. The minimum absolute atomic E-state index is 0.0877. The summed E-state index contributed by atoms with van der Waals surface area (Å²) >= 11 is 0. The number of esters is 2. The summed E-state index contributed by atoms with van der Waals surface area (Å²) < 4.78 is 15.4. The maximum absolute atomic E-state index is 11.9. The molecule has 2 aromatic rings. The van der Waals surface area contributed by atoms with Crippen molar-refractivity contribution in [1.82, 2.24) is 0 Å². The minimum Gasteiger partial charge on any atom is -0.490 e. The lowest BCUT2D eigenvalue weighted by molar-refractivity contribution is -0.133. The summed E-state index contributed by atoms with van der Waals surface area (Å²) in [5.41, 5.74) is 0.283. The summed E-state index contributed by atoms with van der Waals surface area (Å²) in [5.74, 6) is -1.76. The Morgan fingerprint density at radius 2 is 1.54 bits per heavy atom. The summed E-state index contributed by atoms with van der Waals surface area (Å²) in [6, 6.07) is 14.8. The second-order valence-corrected chi connectivity index (χ2v) is 4.91. The normalized spacial score (nSPS) is 10.3. The van der Waals surface area contributed by atoms with E-state index in [1.807, 2.05) is 18.2 Å². The number of carboxylic acids is 1. The first kappa shape index (κ1) is 18.7. The maximum atomic E-state index is 11.9. The lowest BCUT2D eigenvalue weighted by Crippen LogP contribution is -2.12. The average molecular weight is 356 g/mol. The molecule has 0 heterocycles. The SMILES string of the molecule is O=C(O)/C=C/C(=O)Oc1ccc(C(=O)OCCOc2ccccc2)cc1. The van der Waals surface area contributed by atoms with E-state index in [1.165, 1.54) is 24.3 Å². The number of benzene rings is 2. The highest BCUT2D eigenvalue weighted by atomic mass is 16.6. The number of carbonyl (C=O) groups excluding carboxylic acids is 2. The van der Waals surface area contributed by atoms with Crippen LogP contribution in [0.3, 0.4) is 0 Å². The molecule has 26 heavy (non-hydrogen) atoms. The third kappa shape index (κ3) is 6.48. The van der Waals surface area contributed by atoms with Crippen molar-refractivity contribution < 1.29 is 33.7 Å². The molecule has 1 N–H and O–H groups in total. The number of carboxylic acid groups (broad SMARTS) is 1. The minimum atomic E-state index is -1.25. The largest absolute Gasteiger partial charge is 0.490 e. The van der Waals surface area contributed by atoms with Gasteiger partial charge >= 0.3 is 17.9 Å². The second kappa shape index (κ2) is 9.63. The van der Waals surface area contributed by atoms with Crippen molar-refractivity contribution in [3.8, 4) is 11.5 Å². The van der Waals surface area contributed by atoms with E-state index in [1.54, 1.807) is 12.1 Å². The van der Waals surface area contributed by atoms with E-state index in [-0.39, 0.29) is 24.5 Å². The van der Waals surface area contributed by atoms with Gasteiger partial charge in [0.15, 0.2) is 0 Å². The van der Waals surface area contributed by atoms with Crippen molar-refractivity contribution in [2.75, 3.05) is 13.2 Å². The number of rotatable bonds is 8. The first-order valence-electron chi connectivity index (χ1n) is 7.62. The molecule has 0 unspecified atom stereocenters. The van der Waals surface area contributed by atoms with Gasteiger partial charge in [-0.15, -0.1) is 0 Å². The first-order chi connectivity index (χ1) is 12.5. The van der Waals surface area contributed by atoms with Crippen LogP contribution < -0.4 is 9.47 Å². The Labute approximate surface area is 149 Å². The molecule has 7 heteroatoms. The molecular weight excluding hydrogens is 340 g/mol. The number of hydrogen-bond donors (Lipinski definition) is 1. The highest BCUT2D eigenvalue weighted by molar-refractivity contribution is 5.92. The van der Waals surface area contributed by atoms with E-state index in [0.717, 1.165) is 6.08 Å². The Balaban J connectivity index is 1.77. The highest BCUT2D eigenvalue weighted by Gasteiger charge is 2.08. The quantitative estimate of drug-likeness (QED) is 0.336. The molecule has 0 spiro atoms. The van der Waals surface area contributed by atoms with Crippen LogP contribution in [-0.4, -0.2) is 36.2 Å². The molecule has 0 saturated heterocycles. The lowest BCUT2D eigenvalue weighted by Gasteiger charge is -2.07. The van der Waals surface area contributed by atoms with Crippen molar-refractivity contribution in [3.05, 3.63) is 72.3 Å². The van der Waals surface area contributed by atoms with Crippen molar-refractivity contribution >= 4 is 17.9 Å². The molecule has 7 nitrogen and oxygen atoms in total. The standard InChI is InChI=1S/C19H16O7/c20-17(21)10-11-18(22)26-16-8-6-14(7-9-16)19(23)25-13-12-24-15-4-2-1-3-5-15/h1-11H,12-13H2,(H,20,21)/b11-10+. The molecule has 0 atom stereocenters. The molecule has 0 fully saturated rings. The molecule has 2 rings (SSSR count). The maximum Gasteiger partial charge on any atom is 0.338 e. The molecule has 0 radical (unpaired) electrons. The summed E-state index contributed by atoms with van der Waals surface area (Å²) in [4.78, 5) is 33.6. The Morgan fingerprint density at radius 1 is 0.846 bits per heavy atom. The predicted molar refractivity (Wildman–Crippen MR) is 91.1 cm³/mol. The lowest BCUT2D eigenvalue weighted by atomic mass is 10.2. The number of aliphatic carboxylic acids is 1. The molecule has 134 valence electrons. The van der Waals surface area contributed by atoms with Crippen LogP contribution in [0.15, 0.2) is 66.7 Å². The van der Waals surface area contributed by atoms with Gasteiger partial charge in [-0.25, -0.2) is 14.4 Å². The fraction of sp³-hybridized carbons (Fsp3) is 0.105. The van der Waals surface area contributed by atoms with Crippen LogP contribution in [-0.2, 0) is 14.3 Å². The second-order valence-electron chi connectivity index (χ2n) is 4.91. The van der Waals surface area contributed by atoms with Gasteiger partial charge in [-0.2, -0.15) is 0 Å². The average Bonchev–Trinajstić information content (AvgIpc) is 2.65. The van der Waals surface area contributed by atoms with Gasteiger partial charge in [-0.05, 0) is 36.4 Å². The van der Waals surface area contributed by atoms with Crippen molar-refractivity contribution in [2.24, 2.45) is 0 Å². The van der Waals surface area contributed by atoms with Gasteiger partial charge in [-0.1, -0.05) is 18.2 Å². The molecule has 0 amide bonds. The van der Waals surface area contributed by atoms with Crippen molar-refractivity contribution in [3.63, 3.8) is 0 Å². The molecule has 0 bridgehead atoms. The smallest absolute Gasteiger partial charge is 0.338 e. The van der Waals surface area contributed by atoms with E-state index in [2.05, 4.69) is 0 Å². The van der Waals surface area contributed by atoms with Gasteiger partial charge in [0, 0.05) is 12.2 Å². The fourth-order valence-electron chi connectivity index (χ4n) is 1.84. The van der Waals surface area contributed by atoms with Crippen molar-refractivity contribution in [2.45, 2.75) is 0 Å². The summed E-state index contributed by atoms with van der Waals surface area (Å²) in [6.07, 6.45) is 1.46. The van der Waals surface area contributed by atoms with Crippen LogP contribution in [0, 0.1) is 0 Å². The van der Waals surface area contributed by atoms with E-state index in [9.17, 15) is 14.4 Å². The molecule has 0 saturated carbocycles. The zero-order chi connectivity index (χ0) is 18.8. The summed E-state index contributed by atoms with van der Waals surface area (Å²) in [7, 11) is 0. The van der Waals surface area contributed by atoms with E-state index < -0.39 is 17.9 Å². The van der Waals surface area contributed by atoms with E-state index in [0.29, 0.717) is 11.8 Å². The van der Waals surface area contributed by atoms with E-state index >= 15 is 0 Å². The van der Waals surface area contributed by atoms with Crippen molar-refractivity contribution in [1.29, 1.82) is 0 Å². The molecule has 0 aromatic heterocycles. The Bertz CT molecular complexity index is 779. The monoisotopic (exact) mass is 356 g/mol. The van der Waals surface area contributed by atoms with Gasteiger partial charge in [-0.3, -0.25) is 0 Å². The Morgan fingerprint density at radius 3 is 2.19 bits per heavy atom. The number of carbonyl (C=O) groups is 3. The third-order valence-corrected chi connectivity index (χ3v) is 3.00. The van der Waals surface area contributed by atoms with Crippen LogP contribution in [0.25, 0.3) is 0 Å². The van der Waals surface area contributed by atoms with Gasteiger partial charge < -0.3 is 19.3 Å². The number of hydrogen-bond acceptors (Lipinski definition) is 6. The molecule has 0 aliphatic heterocycles. The van der Waals surface area contributed by atoms with Crippen LogP contribution in [0.1, 0.15) is 10.4 Å². The molecule has 2 aromatic carbocycles. The van der Waals surface area contributed by atoms with Crippen LogP contribution >= 0.6 is 0 Å². The number of para-hydroxylation sites is 1. The molecular formula is C19H16O7. The van der Waals surface area contributed by atoms with Crippen LogP contribution in [0.5, 0.6) is 11.5 Å². The van der Waals surface area contributed by atoms with Crippen LogP contribution in [0.2, 0.25) is 0 Å². The third-order valence-electron chi connectivity index (χ3n) is 3.00. The first-order valence-corrected chi connectivity index (χ1v) is 7.62.